The third kappa shape index (κ3) is 4.38. The van der Waals surface area contributed by atoms with Crippen molar-refractivity contribution in [2.45, 2.75) is 63.6 Å². The van der Waals surface area contributed by atoms with Crippen molar-refractivity contribution in [2.75, 3.05) is 32.8 Å². The Morgan fingerprint density at radius 1 is 1.09 bits per heavy atom. The van der Waals surface area contributed by atoms with Crippen LogP contribution in [-0.2, 0) is 14.3 Å². The third-order valence-electron chi connectivity index (χ3n) is 5.71. The first-order chi connectivity index (χ1) is 10.7. The zero-order valence-corrected chi connectivity index (χ0v) is 14.8. The summed E-state index contributed by atoms with van der Waals surface area (Å²) in [5, 5.41) is 0. The van der Waals surface area contributed by atoms with Crippen LogP contribution >= 0.6 is 12.4 Å². The summed E-state index contributed by atoms with van der Waals surface area (Å²) in [6.07, 6.45) is 9.34. The fourth-order valence-corrected chi connectivity index (χ4v) is 4.09. The van der Waals surface area contributed by atoms with E-state index >= 15 is 0 Å². The highest BCUT2D eigenvalue weighted by Gasteiger charge is 2.42. The number of hydrogen-bond acceptors (Lipinski definition) is 4. The second-order valence-electron chi connectivity index (χ2n) is 7.13. The predicted molar refractivity (Wildman–Crippen MR) is 91.7 cm³/mol. The van der Waals surface area contributed by atoms with E-state index in [1.807, 2.05) is 4.90 Å². The van der Waals surface area contributed by atoms with Gasteiger partial charge in [-0.2, -0.15) is 0 Å². The lowest BCUT2D eigenvalue weighted by molar-refractivity contribution is -0.150. The minimum Gasteiger partial charge on any atom is -0.381 e. The van der Waals surface area contributed by atoms with Crippen LogP contribution in [0.15, 0.2) is 0 Å². The SMILES string of the molecule is Cl.NCC1(C(=O)N2CCC(OC3CCCC3)CC2)CCOCC1. The maximum Gasteiger partial charge on any atom is 0.230 e. The summed E-state index contributed by atoms with van der Waals surface area (Å²) in [5.41, 5.74) is 5.58. The molecule has 2 N–H and O–H groups in total. The molecule has 2 aliphatic heterocycles. The van der Waals surface area contributed by atoms with Gasteiger partial charge in [0.05, 0.1) is 17.6 Å². The Bertz CT molecular complexity index is 374. The van der Waals surface area contributed by atoms with Crippen molar-refractivity contribution >= 4 is 18.3 Å². The summed E-state index contributed by atoms with van der Waals surface area (Å²) in [6.45, 7) is 3.39. The standard InChI is InChI=1S/C17H30N2O3.ClH/c18-13-17(7-11-21-12-8-17)16(20)19-9-5-15(6-10-19)22-14-3-1-2-4-14;/h14-15H,1-13,18H2;1H. The zero-order chi connectivity index (χ0) is 15.4. The molecule has 3 fully saturated rings. The molecule has 1 aliphatic carbocycles. The molecule has 3 rings (SSSR count). The number of amides is 1. The van der Waals surface area contributed by atoms with Crippen molar-refractivity contribution in [3.8, 4) is 0 Å². The molecule has 0 aromatic heterocycles. The number of nitrogens with zero attached hydrogens (tertiary/aromatic N) is 1. The fraction of sp³-hybridized carbons (Fsp3) is 0.941. The monoisotopic (exact) mass is 346 g/mol. The highest BCUT2D eigenvalue weighted by atomic mass is 35.5. The first-order valence-corrected chi connectivity index (χ1v) is 8.96. The molecule has 0 unspecified atom stereocenters. The molecule has 6 heteroatoms. The van der Waals surface area contributed by atoms with Crippen LogP contribution in [0.5, 0.6) is 0 Å². The van der Waals surface area contributed by atoms with Crippen molar-refractivity contribution in [2.24, 2.45) is 11.1 Å². The van der Waals surface area contributed by atoms with E-state index in [1.165, 1.54) is 25.7 Å². The number of rotatable bonds is 4. The van der Waals surface area contributed by atoms with Crippen molar-refractivity contribution < 1.29 is 14.3 Å². The summed E-state index contributed by atoms with van der Waals surface area (Å²) in [7, 11) is 0. The minimum atomic E-state index is -0.378. The van der Waals surface area contributed by atoms with Gasteiger partial charge in [0.1, 0.15) is 0 Å². The average Bonchev–Trinajstić information content (AvgIpc) is 3.08. The van der Waals surface area contributed by atoms with Crippen LogP contribution in [0.2, 0.25) is 0 Å². The van der Waals surface area contributed by atoms with Gasteiger partial charge in [0.25, 0.3) is 0 Å². The molecule has 1 amide bonds. The van der Waals surface area contributed by atoms with E-state index in [2.05, 4.69) is 0 Å². The maximum absolute atomic E-state index is 12.9. The molecule has 2 heterocycles. The van der Waals surface area contributed by atoms with Crippen LogP contribution < -0.4 is 5.73 Å². The van der Waals surface area contributed by atoms with Crippen LogP contribution in [0.4, 0.5) is 0 Å². The Balaban J connectivity index is 0.00000192. The van der Waals surface area contributed by atoms with E-state index in [0.717, 1.165) is 38.8 Å². The van der Waals surface area contributed by atoms with Crippen LogP contribution in [-0.4, -0.2) is 55.9 Å². The van der Waals surface area contributed by atoms with Gasteiger partial charge in [-0.15, -0.1) is 12.4 Å². The molecule has 3 aliphatic rings. The van der Waals surface area contributed by atoms with Crippen molar-refractivity contribution in [3.63, 3.8) is 0 Å². The minimum absolute atomic E-state index is 0. The molecular formula is C17H31ClN2O3. The Hall–Kier alpha value is -0.360. The number of nitrogens with two attached hydrogens (primary N) is 1. The largest absolute Gasteiger partial charge is 0.381 e. The first kappa shape index (κ1) is 19.0. The maximum atomic E-state index is 12.9. The summed E-state index contributed by atoms with van der Waals surface area (Å²) < 4.78 is 11.6. The van der Waals surface area contributed by atoms with E-state index in [4.69, 9.17) is 15.2 Å². The molecule has 0 aromatic rings. The number of halogens is 1. The number of ether oxygens (including phenoxy) is 2. The van der Waals surface area contributed by atoms with Crippen LogP contribution in [0, 0.1) is 5.41 Å². The summed E-state index contributed by atoms with van der Waals surface area (Å²) in [5.74, 6) is 0.248. The number of hydrogen-bond donors (Lipinski definition) is 1. The normalized spacial score (nSPS) is 26.0. The van der Waals surface area contributed by atoms with Gasteiger partial charge in [-0.25, -0.2) is 0 Å². The molecular weight excluding hydrogens is 316 g/mol. The molecule has 0 spiro atoms. The lowest BCUT2D eigenvalue weighted by Gasteiger charge is -2.41. The Kier molecular flexibility index (Phi) is 7.14. The molecule has 1 saturated carbocycles. The second kappa shape index (κ2) is 8.65. The number of carbonyl (C=O) groups is 1. The van der Waals surface area contributed by atoms with Crippen LogP contribution in [0.3, 0.4) is 0 Å². The van der Waals surface area contributed by atoms with Crippen LogP contribution in [0.25, 0.3) is 0 Å². The Morgan fingerprint density at radius 2 is 1.65 bits per heavy atom. The summed E-state index contributed by atoms with van der Waals surface area (Å²) in [4.78, 5) is 14.9. The number of piperidine rings is 1. The third-order valence-corrected chi connectivity index (χ3v) is 5.71. The summed E-state index contributed by atoms with van der Waals surface area (Å²) in [6, 6.07) is 0. The first-order valence-electron chi connectivity index (χ1n) is 8.96. The molecule has 0 atom stereocenters. The highest BCUT2D eigenvalue weighted by Crippen LogP contribution is 2.33. The van der Waals surface area contributed by atoms with Gasteiger partial charge in [-0.05, 0) is 38.5 Å². The quantitative estimate of drug-likeness (QED) is 0.846. The van der Waals surface area contributed by atoms with Crippen LogP contribution in [0.1, 0.15) is 51.4 Å². The highest BCUT2D eigenvalue weighted by molar-refractivity contribution is 5.85. The lowest BCUT2D eigenvalue weighted by Crippen LogP contribution is -2.53. The second-order valence-corrected chi connectivity index (χ2v) is 7.13. The van der Waals surface area contributed by atoms with Gasteiger partial charge in [0.2, 0.25) is 5.91 Å². The lowest BCUT2D eigenvalue weighted by atomic mass is 9.78. The van der Waals surface area contributed by atoms with E-state index < -0.39 is 0 Å². The van der Waals surface area contributed by atoms with Gasteiger partial charge in [-0.3, -0.25) is 4.79 Å². The van der Waals surface area contributed by atoms with Gasteiger partial charge in [-0.1, -0.05) is 12.8 Å². The molecule has 23 heavy (non-hydrogen) atoms. The molecule has 5 nitrogen and oxygen atoms in total. The number of carbonyl (C=O) groups excluding carboxylic acids is 1. The van der Waals surface area contributed by atoms with Crippen molar-refractivity contribution in [1.82, 2.24) is 4.90 Å². The number of likely N-dealkylation sites (tertiary alicyclic amines) is 1. The zero-order valence-electron chi connectivity index (χ0n) is 14.0. The topological polar surface area (TPSA) is 64.8 Å². The smallest absolute Gasteiger partial charge is 0.230 e. The Morgan fingerprint density at radius 3 is 2.22 bits per heavy atom. The molecule has 0 radical (unpaired) electrons. The van der Waals surface area contributed by atoms with Gasteiger partial charge < -0.3 is 20.1 Å². The Labute approximate surface area is 145 Å². The molecule has 0 aromatic carbocycles. The average molecular weight is 347 g/mol. The fourth-order valence-electron chi connectivity index (χ4n) is 4.09. The van der Waals surface area contributed by atoms with Crippen molar-refractivity contribution in [1.29, 1.82) is 0 Å². The predicted octanol–water partition coefficient (Wildman–Crippen LogP) is 2.11. The molecule has 0 bridgehead atoms. The van der Waals surface area contributed by atoms with E-state index in [9.17, 15) is 4.79 Å². The van der Waals surface area contributed by atoms with E-state index in [1.54, 1.807) is 0 Å². The van der Waals surface area contributed by atoms with Gasteiger partial charge in [0.15, 0.2) is 0 Å². The van der Waals surface area contributed by atoms with E-state index in [-0.39, 0.29) is 23.7 Å². The molecule has 2 saturated heterocycles. The summed E-state index contributed by atoms with van der Waals surface area (Å²) >= 11 is 0. The molecule has 134 valence electrons. The van der Waals surface area contributed by atoms with E-state index in [0.29, 0.717) is 32.0 Å². The van der Waals surface area contributed by atoms with Gasteiger partial charge >= 0.3 is 0 Å². The van der Waals surface area contributed by atoms with Crippen molar-refractivity contribution in [3.05, 3.63) is 0 Å². The van der Waals surface area contributed by atoms with Gasteiger partial charge in [0, 0.05) is 32.8 Å².